The van der Waals surface area contributed by atoms with Gasteiger partial charge in [0.15, 0.2) is 6.04 Å². The van der Waals surface area contributed by atoms with Crippen LogP contribution < -0.4 is 0 Å². The molecule has 1 aliphatic heterocycles. The van der Waals surface area contributed by atoms with Gasteiger partial charge in [0.1, 0.15) is 0 Å². The number of aliphatic carboxylic acids is 1. The average molecular weight is 317 g/mol. The van der Waals surface area contributed by atoms with Crippen LogP contribution >= 0.6 is 0 Å². The fraction of sp³-hybridized carbons (Fsp3) is 0.556. The van der Waals surface area contributed by atoms with Gasteiger partial charge in [0.05, 0.1) is 6.10 Å². The monoisotopic (exact) mass is 317 g/mol. The predicted molar refractivity (Wildman–Crippen MR) is 85.0 cm³/mol. The van der Waals surface area contributed by atoms with Crippen molar-refractivity contribution in [2.24, 2.45) is 5.92 Å². The Morgan fingerprint density at radius 3 is 2.57 bits per heavy atom. The smallest absolute Gasteiger partial charge is 0.329 e. The van der Waals surface area contributed by atoms with Gasteiger partial charge in [-0.05, 0) is 49.7 Å². The lowest BCUT2D eigenvalue weighted by molar-refractivity contribution is -0.160. The van der Waals surface area contributed by atoms with Gasteiger partial charge in [-0.25, -0.2) is 4.79 Å². The number of aryl methyl sites for hydroxylation is 1. The van der Waals surface area contributed by atoms with Crippen LogP contribution in [0.1, 0.15) is 36.8 Å². The van der Waals surface area contributed by atoms with E-state index in [0.29, 0.717) is 25.8 Å². The number of hydrogen-bond donors (Lipinski definition) is 2. The fourth-order valence-electron chi connectivity index (χ4n) is 3.87. The van der Waals surface area contributed by atoms with Gasteiger partial charge in [-0.1, -0.05) is 24.3 Å². The highest BCUT2D eigenvalue weighted by molar-refractivity contribution is 5.86. The molecule has 2 aliphatic rings. The second kappa shape index (κ2) is 6.71. The molecule has 1 saturated heterocycles. The molecule has 3 atom stereocenters. The van der Waals surface area contributed by atoms with Crippen LogP contribution in [0.4, 0.5) is 0 Å². The SMILES string of the molecule is O=C(O)C1C(O)CCCN1C(=O)C1CCCc2ccccc2C1. The maximum absolute atomic E-state index is 12.9. The van der Waals surface area contributed by atoms with Crippen molar-refractivity contribution in [3.8, 4) is 0 Å². The highest BCUT2D eigenvalue weighted by Crippen LogP contribution is 2.28. The van der Waals surface area contributed by atoms with Gasteiger partial charge >= 0.3 is 5.97 Å². The second-order valence-electron chi connectivity index (χ2n) is 6.59. The molecule has 5 nitrogen and oxygen atoms in total. The van der Waals surface area contributed by atoms with Gasteiger partial charge in [0, 0.05) is 12.5 Å². The van der Waals surface area contributed by atoms with Crippen molar-refractivity contribution in [2.45, 2.75) is 50.7 Å². The van der Waals surface area contributed by atoms with Crippen molar-refractivity contribution >= 4 is 11.9 Å². The third-order valence-corrected chi connectivity index (χ3v) is 5.07. The molecule has 1 aromatic carbocycles. The number of carboxylic acid groups (broad SMARTS) is 1. The molecule has 5 heteroatoms. The van der Waals surface area contributed by atoms with Crippen molar-refractivity contribution in [1.82, 2.24) is 4.90 Å². The molecule has 2 N–H and O–H groups in total. The maximum atomic E-state index is 12.9. The Morgan fingerprint density at radius 2 is 1.83 bits per heavy atom. The summed E-state index contributed by atoms with van der Waals surface area (Å²) in [6.45, 7) is 0.422. The van der Waals surface area contributed by atoms with Gasteiger partial charge in [-0.2, -0.15) is 0 Å². The minimum Gasteiger partial charge on any atom is -0.480 e. The number of nitrogens with zero attached hydrogens (tertiary/aromatic N) is 1. The third-order valence-electron chi connectivity index (χ3n) is 5.07. The number of likely N-dealkylation sites (tertiary alicyclic amines) is 1. The zero-order valence-electron chi connectivity index (χ0n) is 13.1. The number of amides is 1. The third kappa shape index (κ3) is 3.24. The standard InChI is InChI=1S/C18H23NO4/c20-15-9-4-10-19(16(15)18(22)23)17(21)14-8-3-7-12-5-1-2-6-13(12)11-14/h1-2,5-6,14-16,20H,3-4,7-11H2,(H,22,23). The first-order chi connectivity index (χ1) is 11.1. The van der Waals surface area contributed by atoms with Crippen LogP contribution in [0.15, 0.2) is 24.3 Å². The Kier molecular flexibility index (Phi) is 4.66. The van der Waals surface area contributed by atoms with Gasteiger partial charge in [-0.3, -0.25) is 4.79 Å². The minimum atomic E-state index is -1.11. The number of hydrogen-bond acceptors (Lipinski definition) is 3. The van der Waals surface area contributed by atoms with Crippen molar-refractivity contribution in [1.29, 1.82) is 0 Å². The first kappa shape index (κ1) is 16.0. The number of aliphatic hydroxyl groups excluding tert-OH is 1. The molecule has 0 saturated carbocycles. The molecule has 1 amide bonds. The zero-order valence-corrected chi connectivity index (χ0v) is 13.1. The lowest BCUT2D eigenvalue weighted by Crippen LogP contribution is -2.56. The van der Waals surface area contributed by atoms with E-state index in [1.54, 1.807) is 0 Å². The van der Waals surface area contributed by atoms with E-state index in [4.69, 9.17) is 0 Å². The summed E-state index contributed by atoms with van der Waals surface area (Å²) in [7, 11) is 0. The Hall–Kier alpha value is -1.88. The number of carboxylic acids is 1. The van der Waals surface area contributed by atoms with E-state index in [2.05, 4.69) is 12.1 Å². The van der Waals surface area contributed by atoms with E-state index >= 15 is 0 Å². The number of piperidine rings is 1. The Morgan fingerprint density at radius 1 is 1.09 bits per heavy atom. The van der Waals surface area contributed by atoms with Crippen molar-refractivity contribution < 1.29 is 19.8 Å². The number of rotatable bonds is 2. The molecule has 3 rings (SSSR count). The van der Waals surface area contributed by atoms with E-state index in [-0.39, 0.29) is 11.8 Å². The molecular weight excluding hydrogens is 294 g/mol. The average Bonchev–Trinajstić information content (AvgIpc) is 2.75. The van der Waals surface area contributed by atoms with Crippen LogP contribution in [-0.2, 0) is 22.4 Å². The lowest BCUT2D eigenvalue weighted by atomic mass is 9.92. The Bertz CT molecular complexity index is 600. The van der Waals surface area contributed by atoms with Gasteiger partial charge in [0.25, 0.3) is 0 Å². The van der Waals surface area contributed by atoms with Crippen LogP contribution in [0.25, 0.3) is 0 Å². The van der Waals surface area contributed by atoms with Crippen molar-refractivity contribution in [3.05, 3.63) is 35.4 Å². The summed E-state index contributed by atoms with van der Waals surface area (Å²) in [6, 6.07) is 7.06. The first-order valence-corrected chi connectivity index (χ1v) is 8.36. The van der Waals surface area contributed by atoms with Crippen LogP contribution in [0, 0.1) is 5.92 Å². The van der Waals surface area contributed by atoms with E-state index in [1.807, 2.05) is 12.1 Å². The van der Waals surface area contributed by atoms with Crippen LogP contribution in [0.5, 0.6) is 0 Å². The van der Waals surface area contributed by atoms with Gasteiger partial charge < -0.3 is 15.1 Å². The molecule has 124 valence electrons. The van der Waals surface area contributed by atoms with E-state index in [0.717, 1.165) is 19.3 Å². The summed E-state index contributed by atoms with van der Waals surface area (Å²) >= 11 is 0. The molecule has 23 heavy (non-hydrogen) atoms. The Labute approximate surface area is 135 Å². The highest BCUT2D eigenvalue weighted by Gasteiger charge is 2.40. The number of carbonyl (C=O) groups is 2. The minimum absolute atomic E-state index is 0.118. The lowest BCUT2D eigenvalue weighted by Gasteiger charge is -2.38. The van der Waals surface area contributed by atoms with Crippen LogP contribution in [-0.4, -0.2) is 45.7 Å². The first-order valence-electron chi connectivity index (χ1n) is 8.36. The quantitative estimate of drug-likeness (QED) is 0.813. The summed E-state index contributed by atoms with van der Waals surface area (Å²) in [6.07, 6.45) is 3.45. The summed E-state index contributed by atoms with van der Waals surface area (Å²) in [4.78, 5) is 25.8. The molecule has 1 heterocycles. The van der Waals surface area contributed by atoms with Crippen molar-refractivity contribution in [2.75, 3.05) is 6.54 Å². The summed E-state index contributed by atoms with van der Waals surface area (Å²) in [5, 5.41) is 19.4. The van der Waals surface area contributed by atoms with Gasteiger partial charge in [-0.15, -0.1) is 0 Å². The zero-order chi connectivity index (χ0) is 16.4. The van der Waals surface area contributed by atoms with E-state index in [9.17, 15) is 19.8 Å². The number of benzene rings is 1. The molecule has 1 aliphatic carbocycles. The molecule has 0 radical (unpaired) electrons. The van der Waals surface area contributed by atoms with Crippen molar-refractivity contribution in [3.63, 3.8) is 0 Å². The highest BCUT2D eigenvalue weighted by atomic mass is 16.4. The van der Waals surface area contributed by atoms with Crippen LogP contribution in [0.3, 0.4) is 0 Å². The molecule has 1 aromatic rings. The largest absolute Gasteiger partial charge is 0.480 e. The molecule has 0 bridgehead atoms. The Balaban J connectivity index is 1.80. The molecule has 0 spiro atoms. The van der Waals surface area contributed by atoms with E-state index < -0.39 is 18.1 Å². The summed E-state index contributed by atoms with van der Waals surface area (Å²) in [5.74, 6) is -1.42. The van der Waals surface area contributed by atoms with Gasteiger partial charge in [0.2, 0.25) is 5.91 Å². The number of aliphatic hydroxyl groups is 1. The molecular formula is C18H23NO4. The van der Waals surface area contributed by atoms with Crippen LogP contribution in [0.2, 0.25) is 0 Å². The molecule has 3 unspecified atom stereocenters. The summed E-state index contributed by atoms with van der Waals surface area (Å²) < 4.78 is 0. The molecule has 0 aromatic heterocycles. The topological polar surface area (TPSA) is 77.8 Å². The van der Waals surface area contributed by atoms with E-state index in [1.165, 1.54) is 16.0 Å². The maximum Gasteiger partial charge on any atom is 0.329 e. The molecule has 1 fully saturated rings. The summed E-state index contributed by atoms with van der Waals surface area (Å²) in [5.41, 5.74) is 2.48. The second-order valence-corrected chi connectivity index (χ2v) is 6.59. The normalized spacial score (nSPS) is 27.9. The fourth-order valence-corrected chi connectivity index (χ4v) is 3.87. The predicted octanol–water partition coefficient (Wildman–Crippen LogP) is 1.62. The number of fused-ring (bicyclic) bond motifs is 1. The number of carbonyl (C=O) groups excluding carboxylic acids is 1.